The van der Waals surface area contributed by atoms with E-state index in [9.17, 15) is 9.59 Å². The number of esters is 1. The van der Waals surface area contributed by atoms with E-state index >= 15 is 0 Å². The summed E-state index contributed by atoms with van der Waals surface area (Å²) in [6.07, 6.45) is 0. The number of carbonyl (C=O) groups is 2. The molecule has 86 valence electrons. The zero-order valence-corrected chi connectivity index (χ0v) is 11.1. The van der Waals surface area contributed by atoms with Crippen LogP contribution in [-0.2, 0) is 9.53 Å². The standard InChI is InChI=1S/C11H10BrClO3/c1-6(11(15)16-2)10(14)7-3-4-9(13)8(12)5-7/h3-6H,1-2H3. The molecule has 0 saturated carbocycles. The third-order valence-corrected chi connectivity index (χ3v) is 3.37. The number of rotatable bonds is 3. The summed E-state index contributed by atoms with van der Waals surface area (Å²) in [5, 5.41) is 0.516. The Morgan fingerprint density at radius 2 is 2.06 bits per heavy atom. The van der Waals surface area contributed by atoms with Crippen LogP contribution in [0.4, 0.5) is 0 Å². The lowest BCUT2D eigenvalue weighted by Crippen LogP contribution is -2.22. The first kappa shape index (κ1) is 13.2. The normalized spacial score (nSPS) is 12.0. The highest BCUT2D eigenvalue weighted by molar-refractivity contribution is 9.10. The molecule has 0 fully saturated rings. The molecule has 0 aliphatic rings. The van der Waals surface area contributed by atoms with Gasteiger partial charge >= 0.3 is 5.97 Å². The van der Waals surface area contributed by atoms with Crippen molar-refractivity contribution in [3.05, 3.63) is 33.3 Å². The number of carbonyl (C=O) groups excluding carboxylic acids is 2. The number of benzene rings is 1. The van der Waals surface area contributed by atoms with Crippen LogP contribution >= 0.6 is 27.5 Å². The molecule has 0 radical (unpaired) electrons. The quantitative estimate of drug-likeness (QED) is 0.489. The van der Waals surface area contributed by atoms with Crippen LogP contribution in [0, 0.1) is 5.92 Å². The van der Waals surface area contributed by atoms with Gasteiger partial charge in [0.05, 0.1) is 12.1 Å². The molecule has 0 aromatic heterocycles. The number of Topliss-reactive ketones (excluding diaryl/α,β-unsaturated/α-hetero) is 1. The van der Waals surface area contributed by atoms with Gasteiger partial charge in [0.15, 0.2) is 5.78 Å². The van der Waals surface area contributed by atoms with E-state index in [1.54, 1.807) is 18.2 Å². The number of ether oxygens (including phenoxy) is 1. The van der Waals surface area contributed by atoms with Gasteiger partial charge in [-0.15, -0.1) is 0 Å². The second-order valence-corrected chi connectivity index (χ2v) is 4.50. The summed E-state index contributed by atoms with van der Waals surface area (Å²) in [6, 6.07) is 4.77. The van der Waals surface area contributed by atoms with E-state index in [2.05, 4.69) is 20.7 Å². The molecule has 1 aromatic rings. The minimum Gasteiger partial charge on any atom is -0.468 e. The molecular weight excluding hydrogens is 295 g/mol. The van der Waals surface area contributed by atoms with Crippen LogP contribution in [0.5, 0.6) is 0 Å². The molecule has 1 aromatic carbocycles. The maximum atomic E-state index is 11.8. The van der Waals surface area contributed by atoms with Crippen LogP contribution < -0.4 is 0 Å². The second kappa shape index (κ2) is 5.46. The van der Waals surface area contributed by atoms with E-state index in [0.29, 0.717) is 15.1 Å². The lowest BCUT2D eigenvalue weighted by atomic mass is 10.00. The fourth-order valence-corrected chi connectivity index (χ4v) is 1.68. The average Bonchev–Trinajstić information content (AvgIpc) is 2.29. The van der Waals surface area contributed by atoms with Gasteiger partial charge in [-0.1, -0.05) is 11.6 Å². The first-order valence-electron chi connectivity index (χ1n) is 4.54. The van der Waals surface area contributed by atoms with Gasteiger partial charge in [-0.05, 0) is 41.1 Å². The number of hydrogen-bond acceptors (Lipinski definition) is 3. The Labute approximate surface area is 107 Å². The van der Waals surface area contributed by atoms with Crippen molar-refractivity contribution in [1.82, 2.24) is 0 Å². The number of methoxy groups -OCH3 is 1. The average molecular weight is 306 g/mol. The van der Waals surface area contributed by atoms with E-state index in [1.165, 1.54) is 14.0 Å². The predicted octanol–water partition coefficient (Wildman–Crippen LogP) is 3.09. The Morgan fingerprint density at radius 3 is 2.56 bits per heavy atom. The van der Waals surface area contributed by atoms with Gasteiger partial charge in [0, 0.05) is 10.0 Å². The maximum absolute atomic E-state index is 11.8. The Hall–Kier alpha value is -0.870. The molecule has 1 atom stereocenters. The van der Waals surface area contributed by atoms with Crippen LogP contribution in [0.15, 0.2) is 22.7 Å². The van der Waals surface area contributed by atoms with Crippen LogP contribution in [-0.4, -0.2) is 18.9 Å². The van der Waals surface area contributed by atoms with Gasteiger partial charge in [0.2, 0.25) is 0 Å². The summed E-state index contributed by atoms with van der Waals surface area (Å²) < 4.78 is 5.13. The topological polar surface area (TPSA) is 43.4 Å². The van der Waals surface area contributed by atoms with Crippen molar-refractivity contribution < 1.29 is 14.3 Å². The minimum absolute atomic E-state index is 0.288. The van der Waals surface area contributed by atoms with Crippen molar-refractivity contribution >= 4 is 39.3 Å². The van der Waals surface area contributed by atoms with E-state index in [1.807, 2.05) is 0 Å². The molecule has 0 bridgehead atoms. The third kappa shape index (κ3) is 2.83. The minimum atomic E-state index is -0.807. The Morgan fingerprint density at radius 1 is 1.44 bits per heavy atom. The van der Waals surface area contributed by atoms with Gasteiger partial charge in [-0.3, -0.25) is 9.59 Å². The summed E-state index contributed by atoms with van der Waals surface area (Å²) in [6.45, 7) is 1.51. The van der Waals surface area contributed by atoms with Crippen molar-refractivity contribution in [3.8, 4) is 0 Å². The lowest BCUT2D eigenvalue weighted by molar-refractivity contribution is -0.143. The molecule has 0 aliphatic carbocycles. The zero-order chi connectivity index (χ0) is 12.3. The van der Waals surface area contributed by atoms with E-state index in [4.69, 9.17) is 11.6 Å². The van der Waals surface area contributed by atoms with Gasteiger partial charge < -0.3 is 4.74 Å². The van der Waals surface area contributed by atoms with Crippen LogP contribution in [0.3, 0.4) is 0 Å². The molecular formula is C11H10BrClO3. The fraction of sp³-hybridized carbons (Fsp3) is 0.273. The second-order valence-electron chi connectivity index (χ2n) is 3.24. The summed E-state index contributed by atoms with van der Waals surface area (Å²) in [5.41, 5.74) is 0.425. The number of halogens is 2. The van der Waals surface area contributed by atoms with Gasteiger partial charge in [-0.25, -0.2) is 0 Å². The Balaban J connectivity index is 2.97. The van der Waals surface area contributed by atoms with E-state index < -0.39 is 11.9 Å². The van der Waals surface area contributed by atoms with E-state index in [-0.39, 0.29) is 5.78 Å². The third-order valence-electron chi connectivity index (χ3n) is 2.15. The predicted molar refractivity (Wildman–Crippen MR) is 64.7 cm³/mol. The molecule has 5 heteroatoms. The SMILES string of the molecule is COC(=O)C(C)C(=O)c1ccc(Cl)c(Br)c1. The van der Waals surface area contributed by atoms with Gasteiger partial charge in [-0.2, -0.15) is 0 Å². The first-order valence-corrected chi connectivity index (χ1v) is 5.71. The maximum Gasteiger partial charge on any atom is 0.316 e. The van der Waals surface area contributed by atoms with Crippen LogP contribution in [0.2, 0.25) is 5.02 Å². The van der Waals surface area contributed by atoms with Gasteiger partial charge in [0.1, 0.15) is 5.92 Å². The molecule has 1 unspecified atom stereocenters. The van der Waals surface area contributed by atoms with E-state index in [0.717, 1.165) is 0 Å². The van der Waals surface area contributed by atoms with Crippen molar-refractivity contribution in [3.63, 3.8) is 0 Å². The smallest absolute Gasteiger partial charge is 0.316 e. The first-order chi connectivity index (χ1) is 7.47. The lowest BCUT2D eigenvalue weighted by Gasteiger charge is -2.08. The zero-order valence-electron chi connectivity index (χ0n) is 8.79. The molecule has 16 heavy (non-hydrogen) atoms. The summed E-state index contributed by atoms with van der Waals surface area (Å²) in [7, 11) is 1.25. The highest BCUT2D eigenvalue weighted by atomic mass is 79.9. The fourth-order valence-electron chi connectivity index (χ4n) is 1.18. The highest BCUT2D eigenvalue weighted by Crippen LogP contribution is 2.24. The summed E-state index contributed by atoms with van der Waals surface area (Å²) >= 11 is 9.02. The van der Waals surface area contributed by atoms with Crippen molar-refractivity contribution in [2.75, 3.05) is 7.11 Å². The van der Waals surface area contributed by atoms with Crippen molar-refractivity contribution in [2.24, 2.45) is 5.92 Å². The van der Waals surface area contributed by atoms with Crippen LogP contribution in [0.25, 0.3) is 0 Å². The Bertz CT molecular complexity index is 431. The highest BCUT2D eigenvalue weighted by Gasteiger charge is 2.23. The molecule has 0 N–H and O–H groups in total. The molecule has 0 saturated heterocycles. The van der Waals surface area contributed by atoms with Crippen molar-refractivity contribution in [1.29, 1.82) is 0 Å². The van der Waals surface area contributed by atoms with Crippen LogP contribution in [0.1, 0.15) is 17.3 Å². The molecule has 0 heterocycles. The summed E-state index contributed by atoms with van der Waals surface area (Å²) in [5.74, 6) is -1.64. The van der Waals surface area contributed by atoms with Gasteiger partial charge in [0.25, 0.3) is 0 Å². The largest absolute Gasteiger partial charge is 0.468 e. The summed E-state index contributed by atoms with van der Waals surface area (Å²) in [4.78, 5) is 23.0. The number of hydrogen-bond donors (Lipinski definition) is 0. The van der Waals surface area contributed by atoms with Crippen molar-refractivity contribution in [2.45, 2.75) is 6.92 Å². The molecule has 0 aliphatic heterocycles. The molecule has 0 spiro atoms. The monoisotopic (exact) mass is 304 g/mol. The molecule has 3 nitrogen and oxygen atoms in total. The molecule has 0 amide bonds. The molecule has 1 rings (SSSR count). The Kier molecular flexibility index (Phi) is 4.50. The number of ketones is 1.